The van der Waals surface area contributed by atoms with Crippen LogP contribution in [0.15, 0.2) is 0 Å². The van der Waals surface area contributed by atoms with E-state index < -0.39 is 11.7 Å². The number of hydrogen-bond donors (Lipinski definition) is 3. The molecule has 0 aromatic heterocycles. The first-order chi connectivity index (χ1) is 7.97. The zero-order chi connectivity index (χ0) is 15.0. The van der Waals surface area contributed by atoms with Crippen LogP contribution >= 0.6 is 0 Å². The van der Waals surface area contributed by atoms with Gasteiger partial charge in [-0.2, -0.15) is 0 Å². The molecule has 0 aromatic rings. The van der Waals surface area contributed by atoms with Gasteiger partial charge in [-0.05, 0) is 19.8 Å². The van der Waals surface area contributed by atoms with Crippen LogP contribution in [0.3, 0.4) is 0 Å². The Kier molecular flexibility index (Phi) is 9.30. The van der Waals surface area contributed by atoms with Gasteiger partial charge in [0.15, 0.2) is 0 Å². The lowest BCUT2D eigenvalue weighted by Crippen LogP contribution is -2.48. The first kappa shape index (κ1) is 19.7. The molecule has 4 heteroatoms. The summed E-state index contributed by atoms with van der Waals surface area (Å²) in [4.78, 5) is 10.4. The summed E-state index contributed by atoms with van der Waals surface area (Å²) >= 11 is 0. The molecule has 0 saturated heterocycles. The zero-order valence-electron chi connectivity index (χ0n) is 12.8. The molecule has 0 aromatic carbocycles. The van der Waals surface area contributed by atoms with Gasteiger partial charge in [0.05, 0.1) is 5.92 Å². The van der Waals surface area contributed by atoms with Crippen molar-refractivity contribution in [2.75, 3.05) is 0 Å². The van der Waals surface area contributed by atoms with Crippen molar-refractivity contribution >= 4 is 5.97 Å². The Labute approximate surface area is 112 Å². The number of aliphatic carboxylic acids is 1. The van der Waals surface area contributed by atoms with Gasteiger partial charge in [0, 0.05) is 5.41 Å². The molecule has 0 aliphatic carbocycles. The Morgan fingerprint density at radius 1 is 1.22 bits per heavy atom. The summed E-state index contributed by atoms with van der Waals surface area (Å²) in [6.45, 7) is 11.3. The molecule has 18 heavy (non-hydrogen) atoms. The van der Waals surface area contributed by atoms with Gasteiger partial charge in [-0.3, -0.25) is 4.79 Å². The van der Waals surface area contributed by atoms with Crippen LogP contribution in [0.1, 0.15) is 67.2 Å². The second-order valence-electron chi connectivity index (χ2n) is 5.98. The number of aliphatic hydroxyl groups is 1. The second kappa shape index (κ2) is 8.48. The van der Waals surface area contributed by atoms with Gasteiger partial charge < -0.3 is 15.9 Å². The Balaban J connectivity index is 0. The van der Waals surface area contributed by atoms with Crippen LogP contribution < -0.4 is 5.73 Å². The Bertz CT molecular complexity index is 214. The van der Waals surface area contributed by atoms with Gasteiger partial charge in [-0.25, -0.2) is 0 Å². The van der Waals surface area contributed by atoms with E-state index in [1.54, 1.807) is 6.92 Å². The normalized spacial score (nSPS) is 16.2. The smallest absolute Gasteiger partial charge is 0.306 e. The molecular formula is C14H31NO3. The van der Waals surface area contributed by atoms with Crippen LogP contribution in [-0.4, -0.2) is 21.9 Å². The summed E-state index contributed by atoms with van der Waals surface area (Å²) in [5, 5.41) is 17.7. The zero-order valence-corrected chi connectivity index (χ0v) is 12.8. The van der Waals surface area contributed by atoms with E-state index in [0.717, 1.165) is 25.7 Å². The summed E-state index contributed by atoms with van der Waals surface area (Å²) in [5.41, 5.74) is 4.08. The summed E-state index contributed by atoms with van der Waals surface area (Å²) in [6, 6.07) is 0. The average Bonchev–Trinajstić information content (AvgIpc) is 2.16. The standard InChI is InChI=1S/C8H16O2.C6H15NO/c1-3-5-6-7(4-2)8(9)10;1-5(2,3)6(4,7)8/h7H,3-6H2,1-2H3,(H,9,10);8H,7H2,1-4H3. The SMILES string of the molecule is CC(C)(C)C(C)(N)O.CCCCC(CC)C(=O)O. The third-order valence-electron chi connectivity index (χ3n) is 3.27. The topological polar surface area (TPSA) is 83.5 Å². The predicted molar refractivity (Wildman–Crippen MR) is 75.2 cm³/mol. The molecule has 2 atom stereocenters. The molecule has 0 spiro atoms. The summed E-state index contributed by atoms with van der Waals surface area (Å²) in [6.07, 6.45) is 3.71. The van der Waals surface area contributed by atoms with Crippen molar-refractivity contribution in [3.63, 3.8) is 0 Å². The van der Waals surface area contributed by atoms with Crippen LogP contribution in [-0.2, 0) is 4.79 Å². The van der Waals surface area contributed by atoms with Crippen LogP contribution in [0.25, 0.3) is 0 Å². The quantitative estimate of drug-likeness (QED) is 0.664. The van der Waals surface area contributed by atoms with Crippen molar-refractivity contribution in [3.05, 3.63) is 0 Å². The first-order valence-corrected chi connectivity index (χ1v) is 6.71. The van der Waals surface area contributed by atoms with Crippen LogP contribution in [0.5, 0.6) is 0 Å². The maximum absolute atomic E-state index is 10.4. The van der Waals surface area contributed by atoms with E-state index in [9.17, 15) is 4.79 Å². The van der Waals surface area contributed by atoms with E-state index in [0.29, 0.717) is 0 Å². The summed E-state index contributed by atoms with van der Waals surface area (Å²) in [7, 11) is 0. The maximum atomic E-state index is 10.4. The number of carboxylic acids is 1. The fraction of sp³-hybridized carbons (Fsp3) is 0.929. The van der Waals surface area contributed by atoms with E-state index in [1.165, 1.54) is 0 Å². The molecule has 0 fully saturated rings. The second-order valence-corrected chi connectivity index (χ2v) is 5.98. The lowest BCUT2D eigenvalue weighted by Gasteiger charge is -2.32. The summed E-state index contributed by atoms with van der Waals surface area (Å²) < 4.78 is 0. The molecule has 0 saturated carbocycles. The molecule has 0 radical (unpaired) electrons. The van der Waals surface area contributed by atoms with Crippen molar-refractivity contribution in [3.8, 4) is 0 Å². The van der Waals surface area contributed by atoms with Gasteiger partial charge in [-0.1, -0.05) is 47.5 Å². The minimum absolute atomic E-state index is 0.111. The molecule has 0 aliphatic heterocycles. The lowest BCUT2D eigenvalue weighted by atomic mass is 9.85. The van der Waals surface area contributed by atoms with Gasteiger partial charge >= 0.3 is 5.97 Å². The van der Waals surface area contributed by atoms with Gasteiger partial charge in [0.25, 0.3) is 0 Å². The van der Waals surface area contributed by atoms with E-state index in [4.69, 9.17) is 15.9 Å². The Morgan fingerprint density at radius 3 is 1.78 bits per heavy atom. The Morgan fingerprint density at radius 2 is 1.61 bits per heavy atom. The van der Waals surface area contributed by atoms with E-state index in [1.807, 2.05) is 27.7 Å². The van der Waals surface area contributed by atoms with Crippen molar-refractivity contribution in [2.45, 2.75) is 73.0 Å². The third-order valence-corrected chi connectivity index (χ3v) is 3.27. The van der Waals surface area contributed by atoms with E-state index in [2.05, 4.69) is 6.92 Å². The highest BCUT2D eigenvalue weighted by molar-refractivity contribution is 5.69. The molecule has 110 valence electrons. The lowest BCUT2D eigenvalue weighted by molar-refractivity contribution is -0.142. The van der Waals surface area contributed by atoms with Crippen molar-refractivity contribution in [2.24, 2.45) is 17.1 Å². The highest BCUT2D eigenvalue weighted by atomic mass is 16.4. The fourth-order valence-electron chi connectivity index (χ4n) is 0.953. The molecule has 0 bridgehead atoms. The fourth-order valence-corrected chi connectivity index (χ4v) is 0.953. The Hall–Kier alpha value is -0.610. The van der Waals surface area contributed by atoms with Crippen molar-refractivity contribution < 1.29 is 15.0 Å². The number of rotatable bonds is 5. The van der Waals surface area contributed by atoms with Crippen LogP contribution in [0, 0.1) is 11.3 Å². The highest BCUT2D eigenvalue weighted by Crippen LogP contribution is 2.24. The van der Waals surface area contributed by atoms with Gasteiger partial charge in [0.1, 0.15) is 5.72 Å². The van der Waals surface area contributed by atoms with Gasteiger partial charge in [0.2, 0.25) is 0 Å². The number of hydrogen-bond acceptors (Lipinski definition) is 3. The molecule has 0 amide bonds. The molecule has 0 heterocycles. The predicted octanol–water partition coefficient (Wildman–Crippen LogP) is 2.99. The molecule has 0 rings (SSSR count). The van der Waals surface area contributed by atoms with E-state index in [-0.39, 0.29) is 11.3 Å². The number of unbranched alkanes of at least 4 members (excludes halogenated alkanes) is 1. The maximum Gasteiger partial charge on any atom is 0.306 e. The largest absolute Gasteiger partial charge is 0.481 e. The van der Waals surface area contributed by atoms with Gasteiger partial charge in [-0.15, -0.1) is 0 Å². The molecule has 4 N–H and O–H groups in total. The molecule has 4 nitrogen and oxygen atoms in total. The number of nitrogens with two attached hydrogens (primary N) is 1. The number of carboxylic acid groups (broad SMARTS) is 1. The average molecular weight is 261 g/mol. The molecule has 0 aliphatic rings. The number of carbonyl (C=O) groups is 1. The van der Waals surface area contributed by atoms with Crippen LogP contribution in [0.4, 0.5) is 0 Å². The van der Waals surface area contributed by atoms with Crippen molar-refractivity contribution in [1.82, 2.24) is 0 Å². The highest BCUT2D eigenvalue weighted by Gasteiger charge is 2.30. The molecule has 2 unspecified atom stereocenters. The first-order valence-electron chi connectivity index (χ1n) is 6.71. The molecular weight excluding hydrogens is 230 g/mol. The van der Waals surface area contributed by atoms with Crippen LogP contribution in [0.2, 0.25) is 0 Å². The summed E-state index contributed by atoms with van der Waals surface area (Å²) in [5.74, 6) is -0.754. The van der Waals surface area contributed by atoms with E-state index >= 15 is 0 Å². The minimum Gasteiger partial charge on any atom is -0.481 e. The van der Waals surface area contributed by atoms with Crippen molar-refractivity contribution in [1.29, 1.82) is 0 Å². The third kappa shape index (κ3) is 9.42. The minimum atomic E-state index is -1.06. The monoisotopic (exact) mass is 261 g/mol.